The Bertz CT molecular complexity index is 1070. The number of benzene rings is 1. The van der Waals surface area contributed by atoms with Gasteiger partial charge in [0, 0.05) is 25.4 Å². The van der Waals surface area contributed by atoms with E-state index in [-0.39, 0.29) is 45.4 Å². The highest BCUT2D eigenvalue weighted by atomic mass is 35.5. The molecule has 2 rings (SSSR count). The van der Waals surface area contributed by atoms with Gasteiger partial charge in [-0.3, -0.25) is 9.59 Å². The summed E-state index contributed by atoms with van der Waals surface area (Å²) in [6, 6.07) is 6.53. The van der Waals surface area contributed by atoms with E-state index in [1.54, 1.807) is 13.8 Å². The van der Waals surface area contributed by atoms with E-state index in [0.29, 0.717) is 0 Å². The van der Waals surface area contributed by atoms with Crippen LogP contribution in [0.5, 0.6) is 0 Å². The molecule has 0 fully saturated rings. The van der Waals surface area contributed by atoms with Crippen molar-refractivity contribution >= 4 is 45.0 Å². The van der Waals surface area contributed by atoms with Gasteiger partial charge in [0.15, 0.2) is 0 Å². The second-order valence-corrected chi connectivity index (χ2v) is 9.31. The summed E-state index contributed by atoms with van der Waals surface area (Å²) in [5.74, 6) is -3.45. The highest BCUT2D eigenvalue weighted by molar-refractivity contribution is 7.99. The lowest BCUT2D eigenvalue weighted by Gasteiger charge is -2.19. The highest BCUT2D eigenvalue weighted by Crippen LogP contribution is 2.37. The quantitative estimate of drug-likeness (QED) is 0.556. The standard InChI is InChI=1S/C18H20ClF2N3O4S2/c1-3-24(4-2)30(27,28)12-8-9-16(26)23(10-12)11-15(25)22-14-7-5-6-13(19)17(14)29-18(20)21/h5-10,18H,3-4,11H2,1-2H3,(H,22,25). The third kappa shape index (κ3) is 5.81. The van der Waals surface area contributed by atoms with Crippen LogP contribution in [0.4, 0.5) is 14.5 Å². The number of nitrogens with one attached hydrogen (secondary N) is 1. The minimum atomic E-state index is -3.82. The maximum atomic E-state index is 12.8. The molecule has 1 aromatic carbocycles. The lowest BCUT2D eigenvalue weighted by atomic mass is 10.3. The Labute approximate surface area is 182 Å². The smallest absolute Gasteiger partial charge is 0.289 e. The van der Waals surface area contributed by atoms with Gasteiger partial charge in [0.1, 0.15) is 6.54 Å². The number of sulfonamides is 1. The van der Waals surface area contributed by atoms with Crippen LogP contribution in [0.25, 0.3) is 0 Å². The molecule has 0 aliphatic heterocycles. The molecule has 0 saturated heterocycles. The van der Waals surface area contributed by atoms with Gasteiger partial charge in [-0.2, -0.15) is 13.1 Å². The van der Waals surface area contributed by atoms with Gasteiger partial charge in [-0.15, -0.1) is 0 Å². The first-order valence-corrected chi connectivity index (χ1v) is 11.5. The molecule has 0 unspecified atom stereocenters. The summed E-state index contributed by atoms with van der Waals surface area (Å²) in [5, 5.41) is 2.48. The van der Waals surface area contributed by atoms with Crippen LogP contribution in [0.3, 0.4) is 0 Å². The molecule has 0 bridgehead atoms. The van der Waals surface area contributed by atoms with Crippen LogP contribution in [-0.2, 0) is 21.4 Å². The van der Waals surface area contributed by atoms with Crippen molar-refractivity contribution in [2.45, 2.75) is 35.9 Å². The molecule has 0 atom stereocenters. The Morgan fingerprint density at radius 2 is 1.90 bits per heavy atom. The van der Waals surface area contributed by atoms with Crippen LogP contribution < -0.4 is 10.9 Å². The molecule has 0 saturated carbocycles. The van der Waals surface area contributed by atoms with E-state index >= 15 is 0 Å². The van der Waals surface area contributed by atoms with E-state index in [1.165, 1.54) is 28.6 Å². The van der Waals surface area contributed by atoms with Gasteiger partial charge < -0.3 is 9.88 Å². The average Bonchev–Trinajstić information content (AvgIpc) is 2.66. The van der Waals surface area contributed by atoms with Crippen molar-refractivity contribution in [3.05, 3.63) is 51.9 Å². The minimum absolute atomic E-state index is 0.00674. The van der Waals surface area contributed by atoms with Crippen LogP contribution in [0, 0.1) is 0 Å². The number of nitrogens with zero attached hydrogens (tertiary/aromatic N) is 2. The summed E-state index contributed by atoms with van der Waals surface area (Å²) < 4.78 is 53.0. The molecule has 12 heteroatoms. The third-order valence-corrected chi connectivity index (χ3v) is 7.38. The summed E-state index contributed by atoms with van der Waals surface area (Å²) in [7, 11) is -3.82. The Balaban J connectivity index is 2.29. The second-order valence-electron chi connectivity index (χ2n) is 5.96. The molecular formula is C18H20ClF2N3O4S2. The number of anilines is 1. The van der Waals surface area contributed by atoms with Crippen molar-refractivity contribution in [1.82, 2.24) is 8.87 Å². The van der Waals surface area contributed by atoms with E-state index < -0.39 is 33.8 Å². The van der Waals surface area contributed by atoms with Crippen LogP contribution >= 0.6 is 23.4 Å². The number of pyridine rings is 1. The number of amides is 1. The zero-order valence-corrected chi connectivity index (χ0v) is 18.5. The van der Waals surface area contributed by atoms with Gasteiger partial charge in [0.2, 0.25) is 15.9 Å². The molecule has 7 nitrogen and oxygen atoms in total. The summed E-state index contributed by atoms with van der Waals surface area (Å²) >= 11 is 6.12. The number of rotatable bonds is 9. The largest absolute Gasteiger partial charge is 0.323 e. The Kier molecular flexibility index (Phi) is 8.42. The highest BCUT2D eigenvalue weighted by Gasteiger charge is 2.23. The summed E-state index contributed by atoms with van der Waals surface area (Å²) in [5.41, 5.74) is -0.519. The third-order valence-electron chi connectivity index (χ3n) is 4.06. The molecular weight excluding hydrogens is 460 g/mol. The van der Waals surface area contributed by atoms with Gasteiger partial charge in [-0.1, -0.05) is 43.3 Å². The van der Waals surface area contributed by atoms with Crippen molar-refractivity contribution in [1.29, 1.82) is 0 Å². The fraction of sp³-hybridized carbons (Fsp3) is 0.333. The van der Waals surface area contributed by atoms with E-state index in [1.807, 2.05) is 0 Å². The number of carbonyl (C=O) groups is 1. The molecule has 1 amide bonds. The number of aromatic nitrogens is 1. The molecule has 2 aromatic rings. The number of hydrogen-bond donors (Lipinski definition) is 1. The monoisotopic (exact) mass is 479 g/mol. The molecule has 1 N–H and O–H groups in total. The minimum Gasteiger partial charge on any atom is -0.323 e. The number of carbonyl (C=O) groups excluding carboxylic acids is 1. The van der Waals surface area contributed by atoms with Crippen molar-refractivity contribution in [3.8, 4) is 0 Å². The molecule has 1 heterocycles. The fourth-order valence-corrected chi connectivity index (χ4v) is 5.05. The zero-order valence-electron chi connectivity index (χ0n) is 16.1. The Morgan fingerprint density at radius 3 is 2.50 bits per heavy atom. The van der Waals surface area contributed by atoms with Gasteiger partial charge in [0.05, 0.1) is 20.5 Å². The van der Waals surface area contributed by atoms with Crippen LogP contribution in [-0.4, -0.2) is 42.0 Å². The first kappa shape index (κ1) is 24.3. The number of alkyl halides is 2. The molecule has 0 radical (unpaired) electrons. The summed E-state index contributed by atoms with van der Waals surface area (Å²) in [6.45, 7) is 3.36. The lowest BCUT2D eigenvalue weighted by molar-refractivity contribution is -0.116. The maximum absolute atomic E-state index is 12.8. The van der Waals surface area contributed by atoms with Gasteiger partial charge >= 0.3 is 0 Å². The van der Waals surface area contributed by atoms with Crippen molar-refractivity contribution < 1.29 is 22.0 Å². The predicted octanol–water partition coefficient (Wildman–Crippen LogP) is 3.49. The SMILES string of the molecule is CCN(CC)S(=O)(=O)c1ccc(=O)n(CC(=O)Nc2cccc(Cl)c2SC(F)F)c1. The molecule has 0 spiro atoms. The predicted molar refractivity (Wildman–Crippen MR) is 113 cm³/mol. The van der Waals surface area contributed by atoms with Crippen LogP contribution in [0.15, 0.2) is 51.1 Å². The van der Waals surface area contributed by atoms with Crippen molar-refractivity contribution in [3.63, 3.8) is 0 Å². The first-order chi connectivity index (χ1) is 14.1. The molecule has 0 aliphatic carbocycles. The van der Waals surface area contributed by atoms with E-state index in [4.69, 9.17) is 11.6 Å². The fourth-order valence-electron chi connectivity index (χ4n) is 2.66. The van der Waals surface area contributed by atoms with Gasteiger partial charge in [-0.25, -0.2) is 8.42 Å². The zero-order chi connectivity index (χ0) is 22.5. The maximum Gasteiger partial charge on any atom is 0.289 e. The number of hydrogen-bond acceptors (Lipinski definition) is 5. The van der Waals surface area contributed by atoms with Crippen LogP contribution in [0.1, 0.15) is 13.8 Å². The Hall–Kier alpha value is -1.95. The molecule has 1 aromatic heterocycles. The van der Waals surface area contributed by atoms with E-state index in [9.17, 15) is 26.8 Å². The number of thioether (sulfide) groups is 1. The average molecular weight is 480 g/mol. The van der Waals surface area contributed by atoms with Crippen LogP contribution in [0.2, 0.25) is 5.02 Å². The summed E-state index contributed by atoms with van der Waals surface area (Å²) in [4.78, 5) is 24.4. The van der Waals surface area contributed by atoms with Gasteiger partial charge in [0.25, 0.3) is 11.3 Å². The second kappa shape index (κ2) is 10.4. The molecule has 164 valence electrons. The normalized spacial score (nSPS) is 11.8. The molecule has 0 aliphatic rings. The summed E-state index contributed by atoms with van der Waals surface area (Å²) in [6.07, 6.45) is 1.09. The molecule has 30 heavy (non-hydrogen) atoms. The Morgan fingerprint density at radius 1 is 1.23 bits per heavy atom. The topological polar surface area (TPSA) is 88.5 Å². The lowest BCUT2D eigenvalue weighted by Crippen LogP contribution is -2.33. The van der Waals surface area contributed by atoms with Crippen molar-refractivity contribution in [2.24, 2.45) is 0 Å². The van der Waals surface area contributed by atoms with E-state index in [0.717, 1.165) is 16.8 Å². The number of halogens is 3. The van der Waals surface area contributed by atoms with E-state index in [2.05, 4.69) is 5.32 Å². The van der Waals surface area contributed by atoms with Crippen molar-refractivity contribution in [2.75, 3.05) is 18.4 Å². The first-order valence-electron chi connectivity index (χ1n) is 8.84. The van der Waals surface area contributed by atoms with Gasteiger partial charge in [-0.05, 0) is 18.2 Å².